The van der Waals surface area contributed by atoms with Gasteiger partial charge in [0.1, 0.15) is 6.17 Å². The predicted molar refractivity (Wildman–Crippen MR) is 85.2 cm³/mol. The average molecular weight is 344 g/mol. The van der Waals surface area contributed by atoms with E-state index < -0.39 is 23.9 Å². The number of halogens is 3. The fraction of sp³-hybridized carbons (Fsp3) is 0.556. The first-order valence-corrected chi connectivity index (χ1v) is 8.18. The molecule has 0 spiro atoms. The summed E-state index contributed by atoms with van der Waals surface area (Å²) in [6, 6.07) is 2.58. The van der Waals surface area contributed by atoms with E-state index in [2.05, 4.69) is 6.58 Å². The van der Waals surface area contributed by atoms with Crippen molar-refractivity contribution in [2.45, 2.75) is 38.5 Å². The molecule has 6 heteroatoms. The van der Waals surface area contributed by atoms with Crippen molar-refractivity contribution in [3.8, 4) is 11.5 Å². The van der Waals surface area contributed by atoms with Gasteiger partial charge in [0.25, 0.3) is 0 Å². The van der Waals surface area contributed by atoms with Crippen molar-refractivity contribution in [3.63, 3.8) is 0 Å². The molecular formula is C18H23F3O3. The van der Waals surface area contributed by atoms with Gasteiger partial charge in [-0.25, -0.2) is 4.39 Å². The van der Waals surface area contributed by atoms with E-state index in [1.165, 1.54) is 12.1 Å². The molecule has 0 aromatic heterocycles. The Morgan fingerprint density at radius 2 is 1.92 bits per heavy atom. The molecule has 0 amide bonds. The van der Waals surface area contributed by atoms with Crippen molar-refractivity contribution in [1.82, 2.24) is 0 Å². The van der Waals surface area contributed by atoms with Gasteiger partial charge in [-0.15, -0.1) is 6.58 Å². The highest BCUT2D eigenvalue weighted by molar-refractivity contribution is 5.35. The minimum atomic E-state index is -1.20. The van der Waals surface area contributed by atoms with Crippen molar-refractivity contribution in [2.24, 2.45) is 5.92 Å². The highest BCUT2D eigenvalue weighted by Gasteiger charge is 2.27. The lowest BCUT2D eigenvalue weighted by molar-refractivity contribution is -0.0514. The van der Waals surface area contributed by atoms with Crippen molar-refractivity contribution >= 4 is 0 Å². The summed E-state index contributed by atoms with van der Waals surface area (Å²) in [4.78, 5) is 0. The first-order chi connectivity index (χ1) is 11.6. The SMILES string of the molecule is C=CC1CCC(C(F)CCOc2ccc(OCC)c(F)c2F)OC1. The zero-order valence-electron chi connectivity index (χ0n) is 13.8. The standard InChI is InChI=1S/C18H23F3O3/c1-3-12-5-6-14(24-11-12)13(19)9-10-23-16-8-7-15(22-4-2)17(20)18(16)21/h3,7-8,12-14H,1,4-6,9-11H2,2H3. The van der Waals surface area contributed by atoms with Crippen molar-refractivity contribution in [3.05, 3.63) is 36.4 Å². The third-order valence-corrected chi connectivity index (χ3v) is 4.05. The van der Waals surface area contributed by atoms with Gasteiger partial charge in [0.05, 0.1) is 25.9 Å². The highest BCUT2D eigenvalue weighted by Crippen LogP contribution is 2.28. The zero-order valence-corrected chi connectivity index (χ0v) is 13.8. The maximum absolute atomic E-state index is 14.1. The van der Waals surface area contributed by atoms with E-state index in [0.717, 1.165) is 6.42 Å². The lowest BCUT2D eigenvalue weighted by atomic mass is 9.96. The third-order valence-electron chi connectivity index (χ3n) is 4.05. The van der Waals surface area contributed by atoms with Crippen LogP contribution in [0.4, 0.5) is 13.2 Å². The molecule has 2 rings (SSSR count). The average Bonchev–Trinajstić information content (AvgIpc) is 2.61. The van der Waals surface area contributed by atoms with Crippen LogP contribution in [-0.4, -0.2) is 32.1 Å². The minimum Gasteiger partial charge on any atom is -0.491 e. The quantitative estimate of drug-likeness (QED) is 0.652. The number of benzene rings is 1. The number of alkyl halides is 1. The van der Waals surface area contributed by atoms with Crippen LogP contribution in [0.1, 0.15) is 26.2 Å². The second-order valence-electron chi connectivity index (χ2n) is 5.72. The van der Waals surface area contributed by atoms with Gasteiger partial charge in [0.2, 0.25) is 11.6 Å². The topological polar surface area (TPSA) is 27.7 Å². The van der Waals surface area contributed by atoms with Crippen LogP contribution in [0, 0.1) is 17.6 Å². The summed E-state index contributed by atoms with van der Waals surface area (Å²) in [5, 5.41) is 0. The smallest absolute Gasteiger partial charge is 0.204 e. The van der Waals surface area contributed by atoms with Crippen molar-refractivity contribution < 1.29 is 27.4 Å². The van der Waals surface area contributed by atoms with Crippen LogP contribution in [0.15, 0.2) is 24.8 Å². The Kier molecular flexibility index (Phi) is 6.97. The van der Waals surface area contributed by atoms with Crippen LogP contribution in [0.25, 0.3) is 0 Å². The fourth-order valence-electron chi connectivity index (χ4n) is 2.62. The highest BCUT2D eigenvalue weighted by atomic mass is 19.2. The lowest BCUT2D eigenvalue weighted by Crippen LogP contribution is -2.33. The molecule has 134 valence electrons. The van der Waals surface area contributed by atoms with Gasteiger partial charge in [-0.2, -0.15) is 8.78 Å². The summed E-state index contributed by atoms with van der Waals surface area (Å²) in [7, 11) is 0. The molecule has 1 aromatic carbocycles. The molecule has 3 nitrogen and oxygen atoms in total. The maximum Gasteiger partial charge on any atom is 0.204 e. The van der Waals surface area contributed by atoms with Crippen LogP contribution < -0.4 is 9.47 Å². The van der Waals surface area contributed by atoms with E-state index in [1.807, 2.05) is 6.08 Å². The summed E-state index contributed by atoms with van der Waals surface area (Å²) in [5.41, 5.74) is 0. The van der Waals surface area contributed by atoms with E-state index in [-0.39, 0.29) is 37.1 Å². The number of rotatable bonds is 8. The number of ether oxygens (including phenoxy) is 3. The Labute approximate surface area is 140 Å². The molecule has 0 saturated carbocycles. The molecule has 0 radical (unpaired) electrons. The van der Waals surface area contributed by atoms with Crippen LogP contribution in [0.3, 0.4) is 0 Å². The van der Waals surface area contributed by atoms with E-state index >= 15 is 0 Å². The molecule has 0 bridgehead atoms. The maximum atomic E-state index is 14.1. The number of hydrogen-bond acceptors (Lipinski definition) is 3. The van der Waals surface area contributed by atoms with Gasteiger partial charge in [-0.05, 0) is 31.9 Å². The van der Waals surface area contributed by atoms with Crippen LogP contribution in [0.5, 0.6) is 11.5 Å². The van der Waals surface area contributed by atoms with Gasteiger partial charge >= 0.3 is 0 Å². The Morgan fingerprint density at radius 1 is 1.25 bits per heavy atom. The Hall–Kier alpha value is -1.69. The Morgan fingerprint density at radius 3 is 2.46 bits per heavy atom. The van der Waals surface area contributed by atoms with Gasteiger partial charge in [-0.1, -0.05) is 6.08 Å². The van der Waals surface area contributed by atoms with E-state index in [0.29, 0.717) is 13.0 Å². The van der Waals surface area contributed by atoms with Crippen molar-refractivity contribution in [2.75, 3.05) is 19.8 Å². The normalized spacial score (nSPS) is 22.0. The monoisotopic (exact) mass is 344 g/mol. The fourth-order valence-corrected chi connectivity index (χ4v) is 2.62. The minimum absolute atomic E-state index is 0.0533. The first-order valence-electron chi connectivity index (χ1n) is 8.18. The molecule has 0 N–H and O–H groups in total. The van der Waals surface area contributed by atoms with Crippen molar-refractivity contribution in [1.29, 1.82) is 0 Å². The molecule has 1 fully saturated rings. The molecule has 0 aliphatic carbocycles. The summed E-state index contributed by atoms with van der Waals surface area (Å²) in [6.07, 6.45) is 1.64. The van der Waals surface area contributed by atoms with Gasteiger partial charge < -0.3 is 14.2 Å². The molecule has 1 aromatic rings. The van der Waals surface area contributed by atoms with E-state index in [4.69, 9.17) is 14.2 Å². The molecule has 24 heavy (non-hydrogen) atoms. The van der Waals surface area contributed by atoms with Crippen LogP contribution in [0.2, 0.25) is 0 Å². The molecule has 1 saturated heterocycles. The molecule has 3 unspecified atom stereocenters. The summed E-state index contributed by atoms with van der Waals surface area (Å²) in [6.45, 7) is 6.01. The van der Waals surface area contributed by atoms with Crippen LogP contribution in [-0.2, 0) is 4.74 Å². The zero-order chi connectivity index (χ0) is 17.5. The molecule has 1 aliphatic heterocycles. The second kappa shape index (κ2) is 8.97. The Bertz CT molecular complexity index is 543. The summed E-state index contributed by atoms with van der Waals surface area (Å²) >= 11 is 0. The summed E-state index contributed by atoms with van der Waals surface area (Å²) in [5.74, 6) is -2.38. The largest absolute Gasteiger partial charge is 0.491 e. The van der Waals surface area contributed by atoms with Gasteiger partial charge in [0, 0.05) is 12.3 Å². The Balaban J connectivity index is 1.81. The van der Waals surface area contributed by atoms with Gasteiger partial charge in [0.15, 0.2) is 11.5 Å². The first kappa shape index (κ1) is 18.6. The van der Waals surface area contributed by atoms with Crippen LogP contribution >= 0.6 is 0 Å². The third kappa shape index (κ3) is 4.66. The van der Waals surface area contributed by atoms with Gasteiger partial charge in [-0.3, -0.25) is 0 Å². The summed E-state index contributed by atoms with van der Waals surface area (Å²) < 4.78 is 57.3. The van der Waals surface area contributed by atoms with E-state index in [9.17, 15) is 13.2 Å². The molecule has 1 aliphatic rings. The molecular weight excluding hydrogens is 321 g/mol. The predicted octanol–water partition coefficient (Wildman–Crippen LogP) is 4.45. The number of hydrogen-bond donors (Lipinski definition) is 0. The molecule has 3 atom stereocenters. The lowest BCUT2D eigenvalue weighted by Gasteiger charge is -2.29. The molecule has 1 heterocycles. The second-order valence-corrected chi connectivity index (χ2v) is 5.72. The van der Waals surface area contributed by atoms with E-state index in [1.54, 1.807) is 6.92 Å².